The molecule has 0 saturated carbocycles. The number of ether oxygens (including phenoxy) is 1. The fraction of sp³-hybridized carbons (Fsp3) is 0.545. The van der Waals surface area contributed by atoms with Crippen LogP contribution in [-0.2, 0) is 29.0 Å². The van der Waals surface area contributed by atoms with E-state index in [-0.39, 0.29) is 18.3 Å². The third-order valence-corrected chi connectivity index (χ3v) is 3.12. The Morgan fingerprint density at radius 1 is 1.56 bits per heavy atom. The van der Waals surface area contributed by atoms with Crippen LogP contribution in [0.25, 0.3) is 0 Å². The number of aryl methyl sites for hydroxylation is 1. The van der Waals surface area contributed by atoms with E-state index in [0.29, 0.717) is 11.3 Å². The van der Waals surface area contributed by atoms with E-state index in [1.807, 2.05) is 0 Å². The van der Waals surface area contributed by atoms with Crippen molar-refractivity contribution in [2.24, 2.45) is 0 Å². The van der Waals surface area contributed by atoms with E-state index in [4.69, 9.17) is 16.3 Å². The molecule has 1 aliphatic rings. The van der Waals surface area contributed by atoms with Crippen LogP contribution in [0, 0.1) is 0 Å². The summed E-state index contributed by atoms with van der Waals surface area (Å²) in [5, 5.41) is 6.93. The van der Waals surface area contributed by atoms with E-state index in [1.165, 1.54) is 7.11 Å². The minimum absolute atomic E-state index is 0.110. The van der Waals surface area contributed by atoms with E-state index in [9.17, 15) is 9.59 Å². The van der Waals surface area contributed by atoms with Gasteiger partial charge in [0.1, 0.15) is 11.4 Å². The molecule has 1 N–H and O–H groups in total. The maximum atomic E-state index is 11.8. The molecule has 1 aromatic rings. The van der Waals surface area contributed by atoms with Crippen molar-refractivity contribution in [3.05, 3.63) is 17.0 Å². The number of esters is 1. The summed E-state index contributed by atoms with van der Waals surface area (Å²) < 4.78 is 6.56. The van der Waals surface area contributed by atoms with Gasteiger partial charge in [-0.25, -0.2) is 4.79 Å². The lowest BCUT2D eigenvalue weighted by atomic mass is 10.1. The normalized spacial score (nSPS) is 13.2. The number of methoxy groups -OCH3 is 1. The van der Waals surface area contributed by atoms with Crippen LogP contribution in [0.3, 0.4) is 0 Å². The molecule has 1 aliphatic heterocycles. The Morgan fingerprint density at radius 3 is 3.00 bits per heavy atom. The Bertz CT molecular complexity index is 484. The van der Waals surface area contributed by atoms with Gasteiger partial charge in [-0.15, -0.1) is 11.6 Å². The van der Waals surface area contributed by atoms with Gasteiger partial charge in [-0.2, -0.15) is 5.10 Å². The van der Waals surface area contributed by atoms with Gasteiger partial charge in [0.05, 0.1) is 25.0 Å². The van der Waals surface area contributed by atoms with Crippen molar-refractivity contribution in [2.45, 2.75) is 25.9 Å². The topological polar surface area (TPSA) is 73.2 Å². The number of carbonyl (C=O) groups excluding carboxylic acids is 2. The average molecular weight is 272 g/mol. The van der Waals surface area contributed by atoms with E-state index < -0.39 is 5.97 Å². The maximum absolute atomic E-state index is 11.8. The lowest BCUT2D eigenvalue weighted by molar-refractivity contribution is -0.118. The standard InChI is InChI=1S/C11H14ClN3O3/c1-18-11(17)10-7(6-13-9(16)5-12)14-15-4-2-3-8(10)15/h2-6H2,1H3,(H,13,16). The number of rotatable bonds is 4. The highest BCUT2D eigenvalue weighted by Gasteiger charge is 2.26. The number of fused-ring (bicyclic) bond motifs is 1. The van der Waals surface area contributed by atoms with Gasteiger partial charge in [0.25, 0.3) is 0 Å². The zero-order valence-electron chi connectivity index (χ0n) is 10.0. The first-order valence-corrected chi connectivity index (χ1v) is 6.20. The van der Waals surface area contributed by atoms with Crippen molar-refractivity contribution < 1.29 is 14.3 Å². The smallest absolute Gasteiger partial charge is 0.341 e. The average Bonchev–Trinajstić information content (AvgIpc) is 2.94. The summed E-state index contributed by atoms with van der Waals surface area (Å²) in [7, 11) is 1.34. The number of aromatic nitrogens is 2. The number of amides is 1. The number of halogens is 1. The number of alkyl halides is 1. The van der Waals surface area contributed by atoms with Crippen LogP contribution in [0.1, 0.15) is 28.2 Å². The Kier molecular flexibility index (Phi) is 3.86. The Hall–Kier alpha value is -1.56. The number of hydrogen-bond acceptors (Lipinski definition) is 4. The van der Waals surface area contributed by atoms with Gasteiger partial charge in [0.15, 0.2) is 0 Å². The van der Waals surface area contributed by atoms with Crippen LogP contribution in [-0.4, -0.2) is 34.6 Å². The van der Waals surface area contributed by atoms with Crippen LogP contribution >= 0.6 is 11.6 Å². The summed E-state index contributed by atoms with van der Waals surface area (Å²) >= 11 is 5.39. The van der Waals surface area contributed by atoms with Gasteiger partial charge < -0.3 is 10.1 Å². The molecule has 2 rings (SSSR count). The van der Waals surface area contributed by atoms with Crippen LogP contribution in [0.4, 0.5) is 0 Å². The van der Waals surface area contributed by atoms with Crippen LogP contribution < -0.4 is 5.32 Å². The first-order chi connectivity index (χ1) is 8.67. The number of hydrogen-bond donors (Lipinski definition) is 1. The zero-order chi connectivity index (χ0) is 13.1. The van der Waals surface area contributed by atoms with Crippen molar-refractivity contribution in [1.82, 2.24) is 15.1 Å². The van der Waals surface area contributed by atoms with E-state index in [2.05, 4.69) is 10.4 Å². The minimum atomic E-state index is -0.409. The molecule has 0 atom stereocenters. The van der Waals surface area contributed by atoms with Crippen molar-refractivity contribution in [3.8, 4) is 0 Å². The highest BCUT2D eigenvalue weighted by atomic mass is 35.5. The molecule has 1 amide bonds. The molecule has 0 aromatic carbocycles. The molecule has 0 fully saturated rings. The van der Waals surface area contributed by atoms with Gasteiger partial charge in [-0.3, -0.25) is 9.48 Å². The summed E-state index contributed by atoms with van der Waals surface area (Å²) in [6.45, 7) is 0.985. The largest absolute Gasteiger partial charge is 0.465 e. The third-order valence-electron chi connectivity index (χ3n) is 2.88. The van der Waals surface area contributed by atoms with Crippen LogP contribution in [0.15, 0.2) is 0 Å². The summed E-state index contributed by atoms with van der Waals surface area (Å²) in [5.41, 5.74) is 1.90. The van der Waals surface area contributed by atoms with Gasteiger partial charge in [0.2, 0.25) is 5.91 Å². The van der Waals surface area contributed by atoms with Gasteiger partial charge >= 0.3 is 5.97 Å². The fourth-order valence-electron chi connectivity index (χ4n) is 2.08. The van der Waals surface area contributed by atoms with E-state index in [1.54, 1.807) is 4.68 Å². The molecular formula is C11H14ClN3O3. The molecule has 0 unspecified atom stereocenters. The summed E-state index contributed by atoms with van der Waals surface area (Å²) in [4.78, 5) is 22.9. The molecule has 6 nitrogen and oxygen atoms in total. The van der Waals surface area contributed by atoms with Gasteiger partial charge in [-0.05, 0) is 12.8 Å². The van der Waals surface area contributed by atoms with Crippen molar-refractivity contribution >= 4 is 23.5 Å². The lowest BCUT2D eigenvalue weighted by Crippen LogP contribution is -2.25. The molecule has 0 aliphatic carbocycles. The molecule has 0 saturated heterocycles. The first kappa shape index (κ1) is 12.9. The highest BCUT2D eigenvalue weighted by molar-refractivity contribution is 6.27. The molecule has 0 bridgehead atoms. The SMILES string of the molecule is COC(=O)c1c(CNC(=O)CCl)nn2c1CCC2. The maximum Gasteiger partial charge on any atom is 0.341 e. The first-order valence-electron chi connectivity index (χ1n) is 5.67. The Labute approximate surface area is 109 Å². The Morgan fingerprint density at radius 2 is 2.33 bits per heavy atom. The summed E-state index contributed by atoms with van der Waals surface area (Å²) in [6, 6.07) is 0. The predicted molar refractivity (Wildman–Crippen MR) is 64.5 cm³/mol. The number of carbonyl (C=O) groups is 2. The molecule has 1 aromatic heterocycles. The third kappa shape index (κ3) is 2.33. The molecule has 0 radical (unpaired) electrons. The van der Waals surface area contributed by atoms with Crippen LogP contribution in [0.5, 0.6) is 0 Å². The van der Waals surface area contributed by atoms with Gasteiger partial charge in [-0.1, -0.05) is 0 Å². The van der Waals surface area contributed by atoms with Crippen molar-refractivity contribution in [1.29, 1.82) is 0 Å². The minimum Gasteiger partial charge on any atom is -0.465 e. The zero-order valence-corrected chi connectivity index (χ0v) is 10.8. The molecule has 98 valence electrons. The monoisotopic (exact) mass is 271 g/mol. The van der Waals surface area contributed by atoms with Crippen molar-refractivity contribution in [3.63, 3.8) is 0 Å². The second kappa shape index (κ2) is 5.39. The number of nitrogens with one attached hydrogen (secondary N) is 1. The predicted octanol–water partition coefficient (Wildman–Crippen LogP) is 0.471. The lowest BCUT2D eigenvalue weighted by Gasteiger charge is -2.03. The Balaban J connectivity index is 2.24. The second-order valence-electron chi connectivity index (χ2n) is 4.00. The van der Waals surface area contributed by atoms with Crippen molar-refractivity contribution in [2.75, 3.05) is 13.0 Å². The van der Waals surface area contributed by atoms with E-state index >= 15 is 0 Å². The summed E-state index contributed by atoms with van der Waals surface area (Å²) in [6.07, 6.45) is 1.78. The number of nitrogens with zero attached hydrogens (tertiary/aromatic N) is 2. The quantitative estimate of drug-likeness (QED) is 0.638. The molecular weight excluding hydrogens is 258 g/mol. The van der Waals surface area contributed by atoms with Crippen LogP contribution in [0.2, 0.25) is 0 Å². The molecule has 7 heteroatoms. The highest BCUT2D eigenvalue weighted by Crippen LogP contribution is 2.22. The van der Waals surface area contributed by atoms with Gasteiger partial charge in [0, 0.05) is 6.54 Å². The molecule has 2 heterocycles. The summed E-state index contributed by atoms with van der Waals surface area (Å²) in [5.74, 6) is -0.810. The van der Waals surface area contributed by atoms with E-state index in [0.717, 1.165) is 25.1 Å². The molecule has 18 heavy (non-hydrogen) atoms. The second-order valence-corrected chi connectivity index (χ2v) is 4.26. The molecule has 0 spiro atoms. The fourth-order valence-corrected chi connectivity index (χ4v) is 2.17.